The molecule has 1 saturated heterocycles. The number of aromatic nitrogens is 2. The number of methoxy groups -OCH3 is 1. The van der Waals surface area contributed by atoms with Crippen LogP contribution < -0.4 is 4.74 Å². The van der Waals surface area contributed by atoms with Gasteiger partial charge in [0.1, 0.15) is 11.5 Å². The van der Waals surface area contributed by atoms with Crippen molar-refractivity contribution in [2.45, 2.75) is 38.6 Å². The van der Waals surface area contributed by atoms with Gasteiger partial charge in [0, 0.05) is 30.3 Å². The van der Waals surface area contributed by atoms with Crippen LogP contribution in [0.3, 0.4) is 0 Å². The summed E-state index contributed by atoms with van der Waals surface area (Å²) in [6, 6.07) is 5.44. The highest BCUT2D eigenvalue weighted by atomic mass is 16.5. The monoisotopic (exact) mass is 315 g/mol. The van der Waals surface area contributed by atoms with Crippen LogP contribution in [0, 0.1) is 0 Å². The molecule has 1 aliphatic rings. The van der Waals surface area contributed by atoms with Gasteiger partial charge in [-0.15, -0.1) is 0 Å². The third-order valence-electron chi connectivity index (χ3n) is 4.76. The number of aromatic hydroxyl groups is 1. The summed E-state index contributed by atoms with van der Waals surface area (Å²) in [5.41, 5.74) is 3.47. The van der Waals surface area contributed by atoms with Gasteiger partial charge in [0.15, 0.2) is 0 Å². The lowest BCUT2D eigenvalue weighted by molar-refractivity contribution is 0.194. The Labute approximate surface area is 137 Å². The molecule has 1 aromatic carbocycles. The van der Waals surface area contributed by atoms with E-state index >= 15 is 0 Å². The van der Waals surface area contributed by atoms with Gasteiger partial charge in [-0.1, -0.05) is 13.0 Å². The number of phenolic OH excluding ortho intramolecular Hbond substituents is 1. The fourth-order valence-corrected chi connectivity index (χ4v) is 3.52. The van der Waals surface area contributed by atoms with Crippen molar-refractivity contribution in [3.8, 4) is 11.5 Å². The maximum atomic E-state index is 10.2. The van der Waals surface area contributed by atoms with Crippen LogP contribution in [0.25, 0.3) is 0 Å². The number of hydrogen-bond acceptors (Lipinski definition) is 4. The Hall–Kier alpha value is -2.01. The molecule has 0 saturated carbocycles. The Balaban J connectivity index is 1.75. The maximum Gasteiger partial charge on any atom is 0.127 e. The summed E-state index contributed by atoms with van der Waals surface area (Å²) >= 11 is 0. The molecular weight excluding hydrogens is 290 g/mol. The standard InChI is InChI=1S/C18H25N3O2/c1-3-13-10-19-20-18(13)14-6-5-9-21(11-14)12-15-16(22)7-4-8-17(15)23-2/h4,7-8,10,14,22H,3,5-6,9,11-12H2,1-2H3,(H,19,20)/t14-/m0/s1. The van der Waals surface area contributed by atoms with Gasteiger partial charge >= 0.3 is 0 Å². The second-order valence-corrected chi connectivity index (χ2v) is 6.19. The van der Waals surface area contributed by atoms with E-state index in [4.69, 9.17) is 4.74 Å². The van der Waals surface area contributed by atoms with E-state index in [1.165, 1.54) is 17.7 Å². The molecule has 1 aliphatic heterocycles. The number of hydrogen-bond donors (Lipinski definition) is 2. The summed E-state index contributed by atoms with van der Waals surface area (Å²) in [5, 5.41) is 17.6. The molecular formula is C18H25N3O2. The average Bonchev–Trinajstić information content (AvgIpc) is 3.05. The molecule has 3 rings (SSSR count). The van der Waals surface area contributed by atoms with Crippen LogP contribution in [0.1, 0.15) is 42.5 Å². The van der Waals surface area contributed by atoms with E-state index < -0.39 is 0 Å². The fourth-order valence-electron chi connectivity index (χ4n) is 3.52. The molecule has 2 N–H and O–H groups in total. The predicted octanol–water partition coefficient (Wildman–Crippen LogP) is 3.07. The van der Waals surface area contributed by atoms with Crippen LogP contribution in [-0.2, 0) is 13.0 Å². The Kier molecular flexibility index (Phi) is 4.86. The summed E-state index contributed by atoms with van der Waals surface area (Å²) in [6.45, 7) is 4.90. The molecule has 5 nitrogen and oxygen atoms in total. The second kappa shape index (κ2) is 7.04. The number of H-pyrrole nitrogens is 1. The molecule has 124 valence electrons. The summed E-state index contributed by atoms with van der Waals surface area (Å²) in [5.74, 6) is 1.54. The molecule has 0 radical (unpaired) electrons. The molecule has 1 aromatic heterocycles. The first-order valence-electron chi connectivity index (χ1n) is 8.32. The lowest BCUT2D eigenvalue weighted by Gasteiger charge is -2.33. The first-order chi connectivity index (χ1) is 11.2. The van der Waals surface area contributed by atoms with Crippen molar-refractivity contribution >= 4 is 0 Å². The van der Waals surface area contributed by atoms with Crippen molar-refractivity contribution in [2.24, 2.45) is 0 Å². The number of piperidine rings is 1. The highest BCUT2D eigenvalue weighted by molar-refractivity contribution is 5.43. The van der Waals surface area contributed by atoms with Gasteiger partial charge in [-0.05, 0) is 43.5 Å². The maximum absolute atomic E-state index is 10.2. The minimum absolute atomic E-state index is 0.308. The molecule has 0 amide bonds. The quantitative estimate of drug-likeness (QED) is 0.890. The van der Waals surface area contributed by atoms with E-state index in [1.54, 1.807) is 13.2 Å². The normalized spacial score (nSPS) is 19.0. The van der Waals surface area contributed by atoms with E-state index in [9.17, 15) is 5.11 Å². The summed E-state index contributed by atoms with van der Waals surface area (Å²) in [4.78, 5) is 2.39. The van der Waals surface area contributed by atoms with E-state index in [0.29, 0.717) is 18.2 Å². The molecule has 5 heteroatoms. The van der Waals surface area contributed by atoms with Gasteiger partial charge in [0.25, 0.3) is 0 Å². The number of nitrogens with one attached hydrogen (secondary N) is 1. The zero-order valence-electron chi connectivity index (χ0n) is 13.9. The minimum atomic E-state index is 0.308. The number of aromatic amines is 1. The number of rotatable bonds is 5. The smallest absolute Gasteiger partial charge is 0.127 e. The number of benzene rings is 1. The Morgan fingerprint density at radius 3 is 3.09 bits per heavy atom. The Morgan fingerprint density at radius 1 is 1.43 bits per heavy atom. The zero-order chi connectivity index (χ0) is 16.2. The van der Waals surface area contributed by atoms with Crippen molar-refractivity contribution < 1.29 is 9.84 Å². The van der Waals surface area contributed by atoms with Crippen LogP contribution >= 0.6 is 0 Å². The number of aryl methyl sites for hydroxylation is 1. The van der Waals surface area contributed by atoms with Gasteiger partial charge in [-0.3, -0.25) is 10.00 Å². The highest BCUT2D eigenvalue weighted by Gasteiger charge is 2.25. The molecule has 1 atom stereocenters. The number of likely N-dealkylation sites (tertiary alicyclic amines) is 1. The predicted molar refractivity (Wildman–Crippen MR) is 89.9 cm³/mol. The van der Waals surface area contributed by atoms with Crippen LogP contribution in [-0.4, -0.2) is 40.4 Å². The summed E-state index contributed by atoms with van der Waals surface area (Å²) < 4.78 is 5.40. The first-order valence-corrected chi connectivity index (χ1v) is 8.32. The molecule has 0 aliphatic carbocycles. The Bertz CT molecular complexity index is 653. The van der Waals surface area contributed by atoms with Crippen molar-refractivity contribution in [1.82, 2.24) is 15.1 Å². The van der Waals surface area contributed by atoms with Crippen LogP contribution in [0.2, 0.25) is 0 Å². The summed E-state index contributed by atoms with van der Waals surface area (Å²) in [6.07, 6.45) is 5.29. The van der Waals surface area contributed by atoms with E-state index in [-0.39, 0.29) is 0 Å². The number of nitrogens with zero attached hydrogens (tertiary/aromatic N) is 2. The van der Waals surface area contributed by atoms with Gasteiger partial charge in [-0.2, -0.15) is 5.10 Å². The van der Waals surface area contributed by atoms with E-state index in [2.05, 4.69) is 22.0 Å². The van der Waals surface area contributed by atoms with Crippen LogP contribution in [0.5, 0.6) is 11.5 Å². The minimum Gasteiger partial charge on any atom is -0.507 e. The van der Waals surface area contributed by atoms with Gasteiger partial charge in [0.2, 0.25) is 0 Å². The van der Waals surface area contributed by atoms with Crippen LogP contribution in [0.4, 0.5) is 0 Å². The van der Waals surface area contributed by atoms with Gasteiger partial charge < -0.3 is 9.84 Å². The molecule has 0 bridgehead atoms. The number of ether oxygens (including phenoxy) is 1. The first kappa shape index (κ1) is 15.9. The molecule has 2 heterocycles. The van der Waals surface area contributed by atoms with Crippen molar-refractivity contribution in [3.63, 3.8) is 0 Å². The molecule has 2 aromatic rings. The van der Waals surface area contributed by atoms with Gasteiger partial charge in [-0.25, -0.2) is 0 Å². The molecule has 1 fully saturated rings. The third-order valence-corrected chi connectivity index (χ3v) is 4.76. The lowest BCUT2D eigenvalue weighted by atomic mass is 9.91. The topological polar surface area (TPSA) is 61.4 Å². The van der Waals surface area contributed by atoms with Crippen molar-refractivity contribution in [3.05, 3.63) is 41.2 Å². The molecule has 0 unspecified atom stereocenters. The molecule has 23 heavy (non-hydrogen) atoms. The fraction of sp³-hybridized carbons (Fsp3) is 0.500. The average molecular weight is 315 g/mol. The number of phenols is 1. The van der Waals surface area contributed by atoms with Crippen LogP contribution in [0.15, 0.2) is 24.4 Å². The lowest BCUT2D eigenvalue weighted by Crippen LogP contribution is -2.34. The Morgan fingerprint density at radius 2 is 2.30 bits per heavy atom. The van der Waals surface area contributed by atoms with Crippen molar-refractivity contribution in [1.29, 1.82) is 0 Å². The third kappa shape index (κ3) is 3.34. The van der Waals surface area contributed by atoms with E-state index in [1.807, 2.05) is 18.3 Å². The summed E-state index contributed by atoms with van der Waals surface area (Å²) in [7, 11) is 1.65. The zero-order valence-corrected chi connectivity index (χ0v) is 13.9. The molecule has 0 spiro atoms. The van der Waals surface area contributed by atoms with Gasteiger partial charge in [0.05, 0.1) is 13.3 Å². The van der Waals surface area contributed by atoms with Crippen molar-refractivity contribution in [2.75, 3.05) is 20.2 Å². The largest absolute Gasteiger partial charge is 0.507 e. The second-order valence-electron chi connectivity index (χ2n) is 6.19. The highest BCUT2D eigenvalue weighted by Crippen LogP contribution is 2.32. The van der Waals surface area contributed by atoms with E-state index in [0.717, 1.165) is 37.2 Å². The SMILES string of the molecule is CCc1cn[nH]c1[C@H]1CCCN(Cc2c(O)cccc2OC)C1.